The first-order valence-electron chi connectivity index (χ1n) is 13.5. The lowest BCUT2D eigenvalue weighted by molar-refractivity contribution is -0.174. The van der Waals surface area contributed by atoms with Crippen molar-refractivity contribution < 1.29 is 43.1 Å². The lowest BCUT2D eigenvalue weighted by Crippen LogP contribution is -2.58. The summed E-state index contributed by atoms with van der Waals surface area (Å²) >= 11 is 0. The quantitative estimate of drug-likeness (QED) is 0.555. The summed E-state index contributed by atoms with van der Waals surface area (Å²) in [6.45, 7) is 7.33. The zero-order valence-electron chi connectivity index (χ0n) is 22.6. The number of hydrogen-bond acceptors (Lipinski definition) is 9. The van der Waals surface area contributed by atoms with Crippen LogP contribution in [0.15, 0.2) is 24.0 Å². The van der Waals surface area contributed by atoms with Gasteiger partial charge in [0.05, 0.1) is 25.2 Å². The molecule has 1 aromatic rings. The van der Waals surface area contributed by atoms with Crippen LogP contribution in [-0.2, 0) is 35.0 Å². The Labute approximate surface area is 222 Å². The maximum atomic E-state index is 13.6. The number of esters is 2. The molecule has 38 heavy (non-hydrogen) atoms. The van der Waals surface area contributed by atoms with Crippen molar-refractivity contribution in [2.24, 2.45) is 11.8 Å². The van der Waals surface area contributed by atoms with Crippen molar-refractivity contribution in [3.05, 3.63) is 35.1 Å². The van der Waals surface area contributed by atoms with Gasteiger partial charge < -0.3 is 33.5 Å². The van der Waals surface area contributed by atoms with E-state index in [0.717, 1.165) is 30.4 Å². The molecule has 2 aliphatic heterocycles. The summed E-state index contributed by atoms with van der Waals surface area (Å²) in [6, 6.07) is 3.95. The van der Waals surface area contributed by atoms with Gasteiger partial charge in [0, 0.05) is 5.56 Å². The van der Waals surface area contributed by atoms with Gasteiger partial charge in [-0.05, 0) is 75.5 Å². The molecular weight excluding hydrogens is 492 g/mol. The molecule has 2 heterocycles. The molecule has 2 unspecified atom stereocenters. The van der Waals surface area contributed by atoms with Gasteiger partial charge in [-0.1, -0.05) is 19.9 Å². The van der Waals surface area contributed by atoms with Crippen LogP contribution in [0.4, 0.5) is 0 Å². The third-order valence-electron chi connectivity index (χ3n) is 8.65. The van der Waals surface area contributed by atoms with Crippen LogP contribution in [0.3, 0.4) is 0 Å². The maximum Gasteiger partial charge on any atom is 0.344 e. The van der Waals surface area contributed by atoms with E-state index < -0.39 is 47.1 Å². The van der Waals surface area contributed by atoms with Gasteiger partial charge in [-0.2, -0.15) is 0 Å². The smallest absolute Gasteiger partial charge is 0.344 e. The van der Waals surface area contributed by atoms with Crippen LogP contribution in [0.1, 0.15) is 70.4 Å². The van der Waals surface area contributed by atoms with Crippen LogP contribution < -0.4 is 9.47 Å². The van der Waals surface area contributed by atoms with Crippen molar-refractivity contribution in [2.75, 3.05) is 13.7 Å². The minimum atomic E-state index is -1.30. The van der Waals surface area contributed by atoms with E-state index >= 15 is 0 Å². The summed E-state index contributed by atoms with van der Waals surface area (Å²) in [5.74, 6) is -1.25. The largest absolute Gasteiger partial charge is 0.493 e. The Morgan fingerprint density at radius 3 is 2.61 bits per heavy atom. The van der Waals surface area contributed by atoms with Gasteiger partial charge in [0.1, 0.15) is 5.76 Å². The second kappa shape index (κ2) is 8.69. The number of carbonyl (C=O) groups excluding carboxylic acids is 2. The van der Waals surface area contributed by atoms with E-state index in [4.69, 9.17) is 28.4 Å². The lowest BCUT2D eigenvalue weighted by atomic mass is 9.58. The molecule has 4 bridgehead atoms. The monoisotopic (exact) mass is 528 g/mol. The predicted octanol–water partition coefficient (Wildman–Crippen LogP) is 3.55. The number of methoxy groups -OCH3 is 1. The molecule has 9 nitrogen and oxygen atoms in total. The Morgan fingerprint density at radius 2 is 1.89 bits per heavy atom. The van der Waals surface area contributed by atoms with Crippen molar-refractivity contribution in [2.45, 2.75) is 94.9 Å². The van der Waals surface area contributed by atoms with E-state index in [1.54, 1.807) is 27.0 Å². The SMILES string of the molecule is COc1ccc2c3c1OC14CCC[C@H](C2)[C@](O)(CC=C1OC(=O)[C@@H]1OC(C)(C)O[C@H]1C(=O)OCC(C)C)C34. The Hall–Kier alpha value is -2.62. The first kappa shape index (κ1) is 25.6. The molecule has 9 heteroatoms. The highest BCUT2D eigenvalue weighted by Crippen LogP contribution is 2.67. The van der Waals surface area contributed by atoms with E-state index in [9.17, 15) is 14.7 Å². The first-order chi connectivity index (χ1) is 18.0. The van der Waals surface area contributed by atoms with Crippen molar-refractivity contribution in [3.63, 3.8) is 0 Å². The molecule has 0 radical (unpaired) electrons. The lowest BCUT2D eigenvalue weighted by Gasteiger charge is -2.50. The van der Waals surface area contributed by atoms with Gasteiger partial charge in [-0.3, -0.25) is 0 Å². The first-order valence-corrected chi connectivity index (χ1v) is 13.5. The molecule has 0 amide bonds. The number of aliphatic hydroxyl groups is 1. The minimum Gasteiger partial charge on any atom is -0.493 e. The highest BCUT2D eigenvalue weighted by molar-refractivity contribution is 5.87. The number of benzene rings is 1. The van der Waals surface area contributed by atoms with E-state index in [2.05, 4.69) is 6.07 Å². The Kier molecular flexibility index (Phi) is 5.87. The molecule has 5 aliphatic rings. The van der Waals surface area contributed by atoms with Crippen LogP contribution in [0.5, 0.6) is 11.5 Å². The molecule has 1 saturated heterocycles. The molecule has 1 N–H and O–H groups in total. The van der Waals surface area contributed by atoms with Crippen LogP contribution in [-0.4, -0.2) is 60.0 Å². The predicted molar refractivity (Wildman–Crippen MR) is 134 cm³/mol. The summed E-state index contributed by atoms with van der Waals surface area (Å²) in [5.41, 5.74) is 0.00359. The number of rotatable bonds is 6. The Bertz CT molecular complexity index is 1200. The zero-order valence-corrected chi connectivity index (χ0v) is 22.6. The molecule has 6 rings (SSSR count). The van der Waals surface area contributed by atoms with Crippen LogP contribution >= 0.6 is 0 Å². The summed E-state index contributed by atoms with van der Waals surface area (Å²) in [7, 11) is 1.59. The minimum absolute atomic E-state index is 0.0748. The molecule has 2 fully saturated rings. The average molecular weight is 529 g/mol. The second-order valence-electron chi connectivity index (χ2n) is 12.1. The molecule has 0 aromatic heterocycles. The van der Waals surface area contributed by atoms with Gasteiger partial charge in [0.15, 0.2) is 35.1 Å². The van der Waals surface area contributed by atoms with Gasteiger partial charge >= 0.3 is 11.9 Å². The normalized spacial score (nSPS) is 35.7. The zero-order chi connectivity index (χ0) is 27.0. The number of ether oxygens (including phenoxy) is 6. The van der Waals surface area contributed by atoms with E-state index in [0.29, 0.717) is 30.1 Å². The van der Waals surface area contributed by atoms with Crippen molar-refractivity contribution in [3.8, 4) is 11.5 Å². The highest BCUT2D eigenvalue weighted by atomic mass is 16.8. The standard InChI is InChI=1S/C29H36O9/c1-15(2)14-34-25(30)22-23(37-27(3,4)36-22)26(31)35-19-10-12-28(32)17-7-6-11-29(19)24(28)20-16(13-17)8-9-18(33-5)21(20)38-29/h8-10,15,17,22-24,32H,6-7,11-14H2,1-5H3/t17-,22-,23-,24?,28-,29?/m1/s1. The molecule has 1 aromatic carbocycles. The van der Waals surface area contributed by atoms with Gasteiger partial charge in [-0.25, -0.2) is 9.59 Å². The highest BCUT2D eigenvalue weighted by Gasteiger charge is 2.68. The third kappa shape index (κ3) is 3.69. The van der Waals surface area contributed by atoms with E-state index in [-0.39, 0.29) is 18.4 Å². The van der Waals surface area contributed by atoms with Gasteiger partial charge in [0.2, 0.25) is 0 Å². The average Bonchev–Trinajstić information content (AvgIpc) is 3.39. The number of hydrogen-bond donors (Lipinski definition) is 1. The fourth-order valence-corrected chi connectivity index (χ4v) is 7.11. The summed E-state index contributed by atoms with van der Waals surface area (Å²) < 4.78 is 35.4. The Morgan fingerprint density at radius 1 is 1.16 bits per heavy atom. The second-order valence-corrected chi connectivity index (χ2v) is 12.1. The van der Waals surface area contributed by atoms with Crippen molar-refractivity contribution >= 4 is 11.9 Å². The molecule has 0 spiro atoms. The van der Waals surface area contributed by atoms with Gasteiger partial charge in [-0.15, -0.1) is 0 Å². The van der Waals surface area contributed by atoms with Crippen LogP contribution in [0.25, 0.3) is 0 Å². The Balaban J connectivity index is 1.34. The van der Waals surface area contributed by atoms with Crippen molar-refractivity contribution in [1.29, 1.82) is 0 Å². The van der Waals surface area contributed by atoms with Crippen molar-refractivity contribution in [1.82, 2.24) is 0 Å². The fraction of sp³-hybridized carbons (Fsp3) is 0.655. The topological polar surface area (TPSA) is 110 Å². The van der Waals surface area contributed by atoms with E-state index in [1.165, 1.54) is 0 Å². The van der Waals surface area contributed by atoms with E-state index in [1.807, 2.05) is 19.9 Å². The molecule has 6 atom stereocenters. The molecule has 206 valence electrons. The fourth-order valence-electron chi connectivity index (χ4n) is 7.11. The summed E-state index contributed by atoms with van der Waals surface area (Å²) in [4.78, 5) is 26.4. The third-order valence-corrected chi connectivity index (χ3v) is 8.65. The molecule has 1 saturated carbocycles. The van der Waals surface area contributed by atoms with Gasteiger partial charge in [0.25, 0.3) is 0 Å². The van der Waals surface area contributed by atoms with Crippen LogP contribution in [0, 0.1) is 11.8 Å². The maximum absolute atomic E-state index is 13.6. The molecule has 3 aliphatic carbocycles. The molecular formula is C29H36O9. The summed E-state index contributed by atoms with van der Waals surface area (Å²) in [5, 5.41) is 12.1. The number of carbonyl (C=O) groups is 2. The van der Waals surface area contributed by atoms with Crippen LogP contribution in [0.2, 0.25) is 0 Å². The summed E-state index contributed by atoms with van der Waals surface area (Å²) in [6.07, 6.45) is 2.55.